The number of hydrogen-bond acceptors (Lipinski definition) is 4. The molecule has 5 heteroatoms. The molecule has 110 valence electrons. The summed E-state index contributed by atoms with van der Waals surface area (Å²) < 4.78 is 0. The van der Waals surface area contributed by atoms with Gasteiger partial charge in [-0.3, -0.25) is 9.78 Å². The molecule has 0 saturated carbocycles. The van der Waals surface area contributed by atoms with Gasteiger partial charge in [-0.15, -0.1) is 5.10 Å². The van der Waals surface area contributed by atoms with Crippen molar-refractivity contribution in [1.82, 2.24) is 4.98 Å². The van der Waals surface area contributed by atoms with E-state index in [-0.39, 0.29) is 5.91 Å². The lowest BCUT2D eigenvalue weighted by Crippen LogP contribution is -2.30. The molecule has 2 heterocycles. The largest absolute Gasteiger partial charge is 0.306 e. The SMILES string of the molecule is CCCN1C(=O)/C(=N/N=C\c2cccnc2)c2ccccc21. The Kier molecular flexibility index (Phi) is 4.05. The fraction of sp³-hybridized carbons (Fsp3) is 0.176. The van der Waals surface area contributed by atoms with Crippen LogP contribution in [0.25, 0.3) is 0 Å². The average molecular weight is 292 g/mol. The van der Waals surface area contributed by atoms with Crippen molar-refractivity contribution in [3.05, 3.63) is 59.9 Å². The molecule has 0 bridgehead atoms. The van der Waals surface area contributed by atoms with Gasteiger partial charge in [-0.2, -0.15) is 5.10 Å². The Labute approximate surface area is 129 Å². The lowest BCUT2D eigenvalue weighted by Gasteiger charge is -2.14. The Morgan fingerprint density at radius 1 is 1.23 bits per heavy atom. The summed E-state index contributed by atoms with van der Waals surface area (Å²) in [5.41, 5.74) is 2.98. The van der Waals surface area contributed by atoms with Crippen molar-refractivity contribution in [2.75, 3.05) is 11.4 Å². The molecule has 5 nitrogen and oxygen atoms in total. The van der Waals surface area contributed by atoms with Gasteiger partial charge in [-0.1, -0.05) is 31.2 Å². The number of aromatic nitrogens is 1. The van der Waals surface area contributed by atoms with Crippen LogP contribution >= 0.6 is 0 Å². The quantitative estimate of drug-likeness (QED) is 0.642. The highest BCUT2D eigenvalue weighted by molar-refractivity contribution is 6.54. The molecule has 0 saturated heterocycles. The lowest BCUT2D eigenvalue weighted by molar-refractivity contribution is -0.112. The van der Waals surface area contributed by atoms with Crippen LogP contribution in [-0.2, 0) is 4.79 Å². The Morgan fingerprint density at radius 3 is 2.86 bits per heavy atom. The second-order valence-electron chi connectivity index (χ2n) is 4.95. The summed E-state index contributed by atoms with van der Waals surface area (Å²) in [5.74, 6) is -0.0913. The first-order valence-corrected chi connectivity index (χ1v) is 7.23. The monoisotopic (exact) mass is 292 g/mol. The van der Waals surface area contributed by atoms with Gasteiger partial charge in [0.2, 0.25) is 0 Å². The molecule has 1 aliphatic rings. The topological polar surface area (TPSA) is 57.9 Å². The first-order chi connectivity index (χ1) is 10.8. The number of pyridine rings is 1. The molecule has 0 spiro atoms. The summed E-state index contributed by atoms with van der Waals surface area (Å²) >= 11 is 0. The second kappa shape index (κ2) is 6.30. The van der Waals surface area contributed by atoms with Crippen molar-refractivity contribution >= 4 is 23.5 Å². The van der Waals surface area contributed by atoms with Gasteiger partial charge in [0.25, 0.3) is 5.91 Å². The standard InChI is InChI=1S/C17H16N4O/c1-2-10-21-15-8-4-3-7-14(15)16(17(21)22)20-19-12-13-6-5-9-18-11-13/h3-9,11-12H,2,10H2,1H3/b19-12-,20-16+. The van der Waals surface area contributed by atoms with Gasteiger partial charge < -0.3 is 4.90 Å². The first kappa shape index (κ1) is 14.1. The predicted molar refractivity (Wildman–Crippen MR) is 87.5 cm³/mol. The third kappa shape index (κ3) is 2.65. The van der Waals surface area contributed by atoms with Crippen LogP contribution in [0.5, 0.6) is 0 Å². The van der Waals surface area contributed by atoms with E-state index in [4.69, 9.17) is 0 Å². The minimum absolute atomic E-state index is 0.0913. The third-order valence-electron chi connectivity index (χ3n) is 3.39. The number of benzene rings is 1. The van der Waals surface area contributed by atoms with Crippen LogP contribution in [0, 0.1) is 0 Å². The molecule has 1 aromatic carbocycles. The molecular weight excluding hydrogens is 276 g/mol. The van der Waals surface area contributed by atoms with Gasteiger partial charge in [0, 0.05) is 30.1 Å². The minimum atomic E-state index is -0.0913. The summed E-state index contributed by atoms with van der Waals surface area (Å²) in [6, 6.07) is 11.4. The molecule has 0 N–H and O–H groups in total. The second-order valence-corrected chi connectivity index (χ2v) is 4.95. The highest BCUT2D eigenvalue weighted by atomic mass is 16.2. The molecule has 3 rings (SSSR count). The van der Waals surface area contributed by atoms with Crippen molar-refractivity contribution in [2.45, 2.75) is 13.3 Å². The maximum Gasteiger partial charge on any atom is 0.279 e. The zero-order valence-corrected chi connectivity index (χ0v) is 12.3. The molecule has 1 amide bonds. The van der Waals surface area contributed by atoms with Crippen molar-refractivity contribution in [2.24, 2.45) is 10.2 Å². The Balaban J connectivity index is 1.92. The van der Waals surface area contributed by atoms with Crippen molar-refractivity contribution < 1.29 is 4.79 Å². The molecule has 22 heavy (non-hydrogen) atoms. The van der Waals surface area contributed by atoms with Gasteiger partial charge in [0.15, 0.2) is 5.71 Å². The van der Waals surface area contributed by atoms with Crippen molar-refractivity contribution in [1.29, 1.82) is 0 Å². The molecule has 0 radical (unpaired) electrons. The number of rotatable bonds is 4. The Bertz CT molecular complexity index is 737. The summed E-state index contributed by atoms with van der Waals surface area (Å²) in [6.45, 7) is 2.73. The molecule has 0 aliphatic carbocycles. The number of para-hydroxylation sites is 1. The highest BCUT2D eigenvalue weighted by Crippen LogP contribution is 2.29. The van der Waals surface area contributed by atoms with E-state index in [1.165, 1.54) is 0 Å². The maximum absolute atomic E-state index is 12.5. The number of carbonyl (C=O) groups is 1. The van der Waals surface area contributed by atoms with E-state index in [1.807, 2.05) is 43.3 Å². The number of amides is 1. The Morgan fingerprint density at radius 2 is 2.09 bits per heavy atom. The van der Waals surface area contributed by atoms with Gasteiger partial charge >= 0.3 is 0 Å². The first-order valence-electron chi connectivity index (χ1n) is 7.23. The summed E-state index contributed by atoms with van der Waals surface area (Å²) in [5, 5.41) is 8.18. The van der Waals surface area contributed by atoms with E-state index in [0.717, 1.165) is 23.2 Å². The van der Waals surface area contributed by atoms with E-state index in [9.17, 15) is 4.79 Å². The number of hydrogen-bond donors (Lipinski definition) is 0. The zero-order valence-electron chi connectivity index (χ0n) is 12.3. The average Bonchev–Trinajstić information content (AvgIpc) is 2.82. The molecule has 2 aromatic rings. The van der Waals surface area contributed by atoms with Crippen LogP contribution in [0.15, 0.2) is 59.0 Å². The molecular formula is C17H16N4O. The van der Waals surface area contributed by atoms with Gasteiger partial charge in [-0.05, 0) is 18.6 Å². The molecule has 0 atom stereocenters. The highest BCUT2D eigenvalue weighted by Gasteiger charge is 2.33. The smallest absolute Gasteiger partial charge is 0.279 e. The fourth-order valence-electron chi connectivity index (χ4n) is 2.41. The van der Waals surface area contributed by atoms with Crippen LogP contribution in [0.3, 0.4) is 0 Å². The maximum atomic E-state index is 12.5. The van der Waals surface area contributed by atoms with Gasteiger partial charge in [0.05, 0.1) is 11.9 Å². The van der Waals surface area contributed by atoms with Gasteiger partial charge in [0.1, 0.15) is 0 Å². The van der Waals surface area contributed by atoms with Gasteiger partial charge in [-0.25, -0.2) is 0 Å². The molecule has 0 fully saturated rings. The van der Waals surface area contributed by atoms with Crippen LogP contribution in [0.4, 0.5) is 5.69 Å². The van der Waals surface area contributed by atoms with E-state index >= 15 is 0 Å². The number of anilines is 1. The van der Waals surface area contributed by atoms with Crippen molar-refractivity contribution in [3.63, 3.8) is 0 Å². The number of nitrogens with zero attached hydrogens (tertiary/aromatic N) is 4. The predicted octanol–water partition coefficient (Wildman–Crippen LogP) is 2.66. The van der Waals surface area contributed by atoms with Crippen LogP contribution in [0.2, 0.25) is 0 Å². The van der Waals surface area contributed by atoms with Crippen molar-refractivity contribution in [3.8, 4) is 0 Å². The van der Waals surface area contributed by atoms with Crippen LogP contribution in [0.1, 0.15) is 24.5 Å². The number of carbonyl (C=O) groups excluding carboxylic acids is 1. The third-order valence-corrected chi connectivity index (χ3v) is 3.39. The van der Waals surface area contributed by atoms with E-state index in [1.54, 1.807) is 23.5 Å². The van der Waals surface area contributed by atoms with E-state index < -0.39 is 0 Å². The summed E-state index contributed by atoms with van der Waals surface area (Å²) in [7, 11) is 0. The van der Waals surface area contributed by atoms with Crippen LogP contribution < -0.4 is 4.90 Å². The molecule has 1 aromatic heterocycles. The number of fused-ring (bicyclic) bond motifs is 1. The van der Waals surface area contributed by atoms with E-state index in [0.29, 0.717) is 12.3 Å². The summed E-state index contributed by atoms with van der Waals surface area (Å²) in [6.07, 6.45) is 5.88. The van der Waals surface area contributed by atoms with Crippen LogP contribution in [-0.4, -0.2) is 29.4 Å². The normalized spacial score (nSPS) is 15.8. The zero-order chi connectivity index (χ0) is 15.4. The summed E-state index contributed by atoms with van der Waals surface area (Å²) in [4.78, 5) is 18.3. The molecule has 1 aliphatic heterocycles. The Hall–Kier alpha value is -2.82. The molecule has 0 unspecified atom stereocenters. The van der Waals surface area contributed by atoms with E-state index in [2.05, 4.69) is 15.2 Å². The fourth-order valence-corrected chi connectivity index (χ4v) is 2.41. The lowest BCUT2D eigenvalue weighted by atomic mass is 10.1. The minimum Gasteiger partial charge on any atom is -0.306 e.